The fourth-order valence-corrected chi connectivity index (χ4v) is 1.49. The molecule has 2 heterocycles. The highest BCUT2D eigenvalue weighted by atomic mass is 16.1. The van der Waals surface area contributed by atoms with Gasteiger partial charge in [-0.1, -0.05) is 0 Å². The Balaban J connectivity index is 2.05. The second-order valence-electron chi connectivity index (χ2n) is 3.35. The van der Waals surface area contributed by atoms with E-state index in [1.165, 1.54) is 0 Å². The van der Waals surface area contributed by atoms with Crippen molar-refractivity contribution in [2.45, 2.75) is 13.0 Å². The van der Waals surface area contributed by atoms with E-state index in [9.17, 15) is 4.79 Å². The van der Waals surface area contributed by atoms with Gasteiger partial charge in [-0.05, 0) is 12.1 Å². The molecule has 0 unspecified atom stereocenters. The van der Waals surface area contributed by atoms with Crippen LogP contribution in [0.4, 0.5) is 0 Å². The lowest BCUT2D eigenvalue weighted by Gasteiger charge is -2.04. The van der Waals surface area contributed by atoms with Crippen LogP contribution in [0.2, 0.25) is 0 Å². The van der Waals surface area contributed by atoms with Crippen molar-refractivity contribution in [2.24, 2.45) is 7.05 Å². The van der Waals surface area contributed by atoms with Crippen molar-refractivity contribution in [3.8, 4) is 0 Å². The number of nitrogens with zero attached hydrogens (tertiary/aromatic N) is 4. The molecular weight excluding hydrogens is 192 g/mol. The molecule has 2 aromatic rings. The highest BCUT2D eigenvalue weighted by molar-refractivity contribution is 5.72. The molecule has 0 radical (unpaired) electrons. The number of aromatic nitrogens is 4. The summed E-state index contributed by atoms with van der Waals surface area (Å²) in [5.41, 5.74) is 0.692. The Bertz CT molecular complexity index is 457. The van der Waals surface area contributed by atoms with Crippen molar-refractivity contribution >= 4 is 6.29 Å². The second-order valence-corrected chi connectivity index (χ2v) is 3.35. The highest BCUT2D eigenvalue weighted by Crippen LogP contribution is 2.02. The van der Waals surface area contributed by atoms with Crippen molar-refractivity contribution in [1.82, 2.24) is 19.3 Å². The van der Waals surface area contributed by atoms with Crippen LogP contribution in [-0.2, 0) is 20.0 Å². The van der Waals surface area contributed by atoms with E-state index < -0.39 is 0 Å². The van der Waals surface area contributed by atoms with Crippen LogP contribution in [0.1, 0.15) is 16.3 Å². The van der Waals surface area contributed by atoms with Gasteiger partial charge in [-0.15, -0.1) is 10.2 Å². The average Bonchev–Trinajstić information content (AvgIpc) is 2.83. The first-order chi connectivity index (χ1) is 7.31. The molecule has 2 rings (SSSR count). The molecule has 2 aromatic heterocycles. The summed E-state index contributed by atoms with van der Waals surface area (Å²) in [6.45, 7) is 0.744. The van der Waals surface area contributed by atoms with Gasteiger partial charge in [0.05, 0.1) is 5.69 Å². The maximum atomic E-state index is 10.7. The van der Waals surface area contributed by atoms with Crippen LogP contribution in [0, 0.1) is 0 Å². The Hall–Kier alpha value is -1.91. The second kappa shape index (κ2) is 4.08. The Morgan fingerprint density at radius 3 is 3.07 bits per heavy atom. The molecule has 0 amide bonds. The zero-order valence-electron chi connectivity index (χ0n) is 8.50. The Morgan fingerprint density at radius 2 is 2.40 bits per heavy atom. The van der Waals surface area contributed by atoms with Gasteiger partial charge >= 0.3 is 0 Å². The maximum Gasteiger partial charge on any atom is 0.166 e. The third-order valence-corrected chi connectivity index (χ3v) is 2.37. The number of carbonyl (C=O) groups is 1. The van der Waals surface area contributed by atoms with E-state index in [2.05, 4.69) is 10.2 Å². The summed E-state index contributed by atoms with van der Waals surface area (Å²) in [6, 6.07) is 3.66. The molecule has 78 valence electrons. The third kappa shape index (κ3) is 1.96. The van der Waals surface area contributed by atoms with Crippen LogP contribution >= 0.6 is 0 Å². The van der Waals surface area contributed by atoms with Crippen LogP contribution in [-0.4, -0.2) is 25.6 Å². The largest absolute Gasteiger partial charge is 0.345 e. The lowest BCUT2D eigenvalue weighted by molar-refractivity contribution is 0.111. The minimum absolute atomic E-state index is 0.692. The van der Waals surface area contributed by atoms with Gasteiger partial charge in [0.15, 0.2) is 6.29 Å². The van der Waals surface area contributed by atoms with E-state index in [4.69, 9.17) is 0 Å². The molecule has 5 heteroatoms. The SMILES string of the molecule is Cn1cnnc1CCn1cccc1C=O. The molecule has 0 N–H and O–H groups in total. The summed E-state index contributed by atoms with van der Waals surface area (Å²) >= 11 is 0. The molecule has 0 atom stereocenters. The number of aryl methyl sites for hydroxylation is 3. The molecular formula is C10H12N4O. The Labute approximate surface area is 87.4 Å². The molecule has 0 aliphatic carbocycles. The molecule has 5 nitrogen and oxygen atoms in total. The number of carbonyl (C=O) groups excluding carboxylic acids is 1. The summed E-state index contributed by atoms with van der Waals surface area (Å²) in [4.78, 5) is 10.7. The maximum absolute atomic E-state index is 10.7. The zero-order valence-corrected chi connectivity index (χ0v) is 8.50. The predicted octanol–water partition coefficient (Wildman–Crippen LogP) is 0.672. The molecule has 0 saturated carbocycles. The minimum atomic E-state index is 0.692. The molecule has 0 fully saturated rings. The first-order valence-electron chi connectivity index (χ1n) is 4.74. The summed E-state index contributed by atoms with van der Waals surface area (Å²) < 4.78 is 3.78. The van der Waals surface area contributed by atoms with Crippen molar-refractivity contribution in [3.05, 3.63) is 36.2 Å². The van der Waals surface area contributed by atoms with E-state index in [1.54, 1.807) is 12.4 Å². The lowest BCUT2D eigenvalue weighted by atomic mass is 10.4. The lowest BCUT2D eigenvalue weighted by Crippen LogP contribution is -2.07. The third-order valence-electron chi connectivity index (χ3n) is 2.37. The Kier molecular flexibility index (Phi) is 2.62. The standard InChI is InChI=1S/C10H12N4O/c1-13-8-11-12-10(13)4-6-14-5-2-3-9(14)7-15/h2-3,5,7-8H,4,6H2,1H3. The number of aldehydes is 1. The first kappa shape index (κ1) is 9.64. The van der Waals surface area contributed by atoms with Gasteiger partial charge in [0.1, 0.15) is 12.2 Å². The molecule has 0 aromatic carbocycles. The highest BCUT2D eigenvalue weighted by Gasteiger charge is 2.03. The van der Waals surface area contributed by atoms with E-state index in [0.717, 1.165) is 25.1 Å². The average molecular weight is 204 g/mol. The van der Waals surface area contributed by atoms with E-state index >= 15 is 0 Å². The fourth-order valence-electron chi connectivity index (χ4n) is 1.49. The van der Waals surface area contributed by atoms with Crippen molar-refractivity contribution in [3.63, 3.8) is 0 Å². The van der Waals surface area contributed by atoms with E-state index in [0.29, 0.717) is 5.69 Å². The molecule has 0 aliphatic rings. The summed E-state index contributed by atoms with van der Waals surface area (Å²) in [5, 5.41) is 7.78. The smallest absolute Gasteiger partial charge is 0.166 e. The predicted molar refractivity (Wildman–Crippen MR) is 54.5 cm³/mol. The van der Waals surface area contributed by atoms with Crippen LogP contribution in [0.15, 0.2) is 24.7 Å². The first-order valence-corrected chi connectivity index (χ1v) is 4.74. The number of rotatable bonds is 4. The summed E-state index contributed by atoms with van der Waals surface area (Å²) in [7, 11) is 1.91. The molecule has 0 saturated heterocycles. The quantitative estimate of drug-likeness (QED) is 0.688. The van der Waals surface area contributed by atoms with Gasteiger partial charge in [-0.2, -0.15) is 0 Å². The number of hydrogen-bond donors (Lipinski definition) is 0. The zero-order chi connectivity index (χ0) is 10.7. The van der Waals surface area contributed by atoms with Crippen LogP contribution in [0.25, 0.3) is 0 Å². The van der Waals surface area contributed by atoms with Gasteiger partial charge in [0.25, 0.3) is 0 Å². The van der Waals surface area contributed by atoms with Gasteiger partial charge in [-0.3, -0.25) is 4.79 Å². The monoisotopic (exact) mass is 204 g/mol. The normalized spacial score (nSPS) is 10.5. The molecule has 15 heavy (non-hydrogen) atoms. The van der Waals surface area contributed by atoms with E-state index in [1.807, 2.05) is 28.4 Å². The minimum Gasteiger partial charge on any atom is -0.345 e. The van der Waals surface area contributed by atoms with E-state index in [-0.39, 0.29) is 0 Å². The van der Waals surface area contributed by atoms with Gasteiger partial charge in [0.2, 0.25) is 0 Å². The number of hydrogen-bond acceptors (Lipinski definition) is 3. The van der Waals surface area contributed by atoms with Crippen LogP contribution in [0.3, 0.4) is 0 Å². The molecule has 0 spiro atoms. The Morgan fingerprint density at radius 1 is 1.53 bits per heavy atom. The van der Waals surface area contributed by atoms with Crippen molar-refractivity contribution < 1.29 is 4.79 Å². The van der Waals surface area contributed by atoms with Crippen molar-refractivity contribution in [1.29, 1.82) is 0 Å². The molecule has 0 bridgehead atoms. The molecule has 0 aliphatic heterocycles. The van der Waals surface area contributed by atoms with Gasteiger partial charge < -0.3 is 9.13 Å². The van der Waals surface area contributed by atoms with Crippen molar-refractivity contribution in [2.75, 3.05) is 0 Å². The summed E-state index contributed by atoms with van der Waals surface area (Å²) in [6.07, 6.45) is 5.19. The van der Waals surface area contributed by atoms with Gasteiger partial charge in [-0.25, -0.2) is 0 Å². The van der Waals surface area contributed by atoms with Crippen LogP contribution in [0.5, 0.6) is 0 Å². The van der Waals surface area contributed by atoms with Gasteiger partial charge in [0, 0.05) is 26.2 Å². The fraction of sp³-hybridized carbons (Fsp3) is 0.300. The topological polar surface area (TPSA) is 52.7 Å². The summed E-state index contributed by atoms with van der Waals surface area (Å²) in [5.74, 6) is 0.917. The van der Waals surface area contributed by atoms with Crippen LogP contribution < -0.4 is 0 Å².